The summed E-state index contributed by atoms with van der Waals surface area (Å²) in [5.74, 6) is 3.27. The normalized spacial score (nSPS) is 11.1. The molecule has 0 heterocycles. The summed E-state index contributed by atoms with van der Waals surface area (Å²) in [6.07, 6.45) is 0. The summed E-state index contributed by atoms with van der Waals surface area (Å²) >= 11 is 0. The molecule has 0 spiro atoms. The maximum Gasteiger partial charge on any atom is 0.272 e. The third-order valence-corrected chi connectivity index (χ3v) is 11.3. The van der Waals surface area contributed by atoms with Crippen LogP contribution < -0.4 is 39.7 Å². The molecule has 4 aromatic carbocycles. The lowest BCUT2D eigenvalue weighted by Gasteiger charge is -2.25. The minimum atomic E-state index is -1.76. The molecule has 0 N–H and O–H groups in total. The number of rotatable bonds is 10. The predicted molar refractivity (Wildman–Crippen MR) is 162 cm³/mol. The molecule has 0 unspecified atom stereocenters. The van der Waals surface area contributed by atoms with Crippen LogP contribution in [0.3, 0.4) is 0 Å². The Morgan fingerprint density at radius 2 is 0.590 bits per heavy atom. The third kappa shape index (κ3) is 6.92. The topological polar surface area (TPSA) is 46.2 Å². The zero-order chi connectivity index (χ0) is 28.1. The van der Waals surface area contributed by atoms with E-state index in [2.05, 4.69) is 76.2 Å². The molecule has 0 atom stereocenters. The zero-order valence-corrected chi connectivity index (χ0v) is 26.0. The van der Waals surface area contributed by atoms with Crippen molar-refractivity contribution in [1.29, 1.82) is 0 Å². The van der Waals surface area contributed by atoms with Gasteiger partial charge in [-0.25, -0.2) is 0 Å². The van der Waals surface area contributed by atoms with Crippen LogP contribution in [0.1, 0.15) is 22.3 Å². The van der Waals surface area contributed by atoms with Gasteiger partial charge in [0.15, 0.2) is 0 Å². The minimum Gasteiger partial charge on any atom is -0.497 e. The monoisotopic (exact) mass is 556 g/mol. The van der Waals surface area contributed by atoms with Gasteiger partial charge in [0.2, 0.25) is 0 Å². The standard InChI is InChI=1S/C32H36O5Si2/c1-21-9-25(33-5)17-29(13-21)38(30-14-22(2)10-26(18-30)34-6)37-39(31-15-23(3)11-27(19-31)35-7)32-16-24(4)12-28(20-32)36-8/h9-20H,1-8H3. The molecular weight excluding hydrogens is 521 g/mol. The highest BCUT2D eigenvalue weighted by Crippen LogP contribution is 2.18. The molecule has 0 saturated carbocycles. The van der Waals surface area contributed by atoms with Gasteiger partial charge in [-0.1, -0.05) is 24.3 Å². The zero-order valence-electron chi connectivity index (χ0n) is 24.0. The van der Waals surface area contributed by atoms with E-state index < -0.39 is 18.1 Å². The molecule has 0 aliphatic carbocycles. The van der Waals surface area contributed by atoms with Gasteiger partial charge in [-0.2, -0.15) is 0 Å². The maximum atomic E-state index is 7.39. The van der Waals surface area contributed by atoms with E-state index in [4.69, 9.17) is 23.1 Å². The second-order valence-electron chi connectivity index (χ2n) is 9.72. The van der Waals surface area contributed by atoms with Crippen molar-refractivity contribution in [1.82, 2.24) is 0 Å². The van der Waals surface area contributed by atoms with E-state index >= 15 is 0 Å². The lowest BCUT2D eigenvalue weighted by Crippen LogP contribution is -2.56. The summed E-state index contributed by atoms with van der Waals surface area (Å²) in [4.78, 5) is 0. The number of methoxy groups -OCH3 is 4. The average molecular weight is 557 g/mol. The van der Waals surface area contributed by atoms with E-state index in [-0.39, 0.29) is 0 Å². The Labute approximate surface area is 235 Å². The van der Waals surface area contributed by atoms with Crippen molar-refractivity contribution < 1.29 is 23.1 Å². The van der Waals surface area contributed by atoms with Crippen molar-refractivity contribution in [2.45, 2.75) is 27.7 Å². The van der Waals surface area contributed by atoms with Crippen molar-refractivity contribution in [2.24, 2.45) is 0 Å². The fourth-order valence-corrected chi connectivity index (χ4v) is 10.6. The van der Waals surface area contributed by atoms with E-state index in [1.807, 2.05) is 24.3 Å². The first kappa shape index (κ1) is 28.5. The van der Waals surface area contributed by atoms with E-state index in [1.165, 1.54) is 0 Å². The lowest BCUT2D eigenvalue weighted by atomic mass is 10.2. The van der Waals surface area contributed by atoms with Gasteiger partial charge < -0.3 is 23.1 Å². The molecule has 2 radical (unpaired) electrons. The molecule has 0 aromatic heterocycles. The summed E-state index contributed by atoms with van der Waals surface area (Å²) in [6.45, 7) is 8.35. The first-order chi connectivity index (χ1) is 18.7. The van der Waals surface area contributed by atoms with Gasteiger partial charge in [0.1, 0.15) is 23.0 Å². The molecule has 5 nitrogen and oxygen atoms in total. The average Bonchev–Trinajstić information content (AvgIpc) is 2.91. The molecule has 0 amide bonds. The molecular formula is C32H36O5Si2. The van der Waals surface area contributed by atoms with Crippen molar-refractivity contribution in [3.8, 4) is 23.0 Å². The predicted octanol–water partition coefficient (Wildman–Crippen LogP) is 3.88. The first-order valence-corrected chi connectivity index (χ1v) is 15.6. The van der Waals surface area contributed by atoms with Gasteiger partial charge in [0.25, 0.3) is 18.1 Å². The van der Waals surface area contributed by atoms with Gasteiger partial charge in [0.05, 0.1) is 28.4 Å². The molecule has 0 bridgehead atoms. The minimum absolute atomic E-state index is 0.818. The third-order valence-electron chi connectivity index (χ3n) is 6.40. The highest BCUT2D eigenvalue weighted by molar-refractivity contribution is 6.92. The molecule has 202 valence electrons. The van der Waals surface area contributed by atoms with Crippen LogP contribution in [0, 0.1) is 27.7 Å². The summed E-state index contributed by atoms with van der Waals surface area (Å²) in [6, 6.07) is 25.4. The van der Waals surface area contributed by atoms with Gasteiger partial charge >= 0.3 is 0 Å². The van der Waals surface area contributed by atoms with Crippen molar-refractivity contribution >= 4 is 38.8 Å². The van der Waals surface area contributed by atoms with E-state index in [1.54, 1.807) is 28.4 Å². The summed E-state index contributed by atoms with van der Waals surface area (Å²) in [7, 11) is 3.29. The second-order valence-corrected chi connectivity index (χ2v) is 14.2. The maximum absolute atomic E-state index is 7.39. The smallest absolute Gasteiger partial charge is 0.272 e. The van der Waals surface area contributed by atoms with Crippen LogP contribution in [0.5, 0.6) is 23.0 Å². The summed E-state index contributed by atoms with van der Waals surface area (Å²) in [5, 5.41) is 4.47. The van der Waals surface area contributed by atoms with Crippen LogP contribution in [0.4, 0.5) is 0 Å². The van der Waals surface area contributed by atoms with Gasteiger partial charge in [0, 0.05) is 0 Å². The number of ether oxygens (including phenoxy) is 4. The fraction of sp³-hybridized carbons (Fsp3) is 0.250. The van der Waals surface area contributed by atoms with Crippen LogP contribution in [0.15, 0.2) is 72.8 Å². The van der Waals surface area contributed by atoms with Crippen LogP contribution in [0.2, 0.25) is 0 Å². The number of benzene rings is 4. The Morgan fingerprint density at radius 1 is 0.359 bits per heavy atom. The fourth-order valence-electron chi connectivity index (χ4n) is 4.66. The molecule has 39 heavy (non-hydrogen) atoms. The van der Waals surface area contributed by atoms with E-state index in [0.29, 0.717) is 0 Å². The first-order valence-electron chi connectivity index (χ1n) is 12.8. The van der Waals surface area contributed by atoms with Crippen LogP contribution in [-0.4, -0.2) is 46.5 Å². The molecule has 4 rings (SSSR count). The summed E-state index contributed by atoms with van der Waals surface area (Å²) in [5.41, 5.74) is 4.49. The van der Waals surface area contributed by atoms with Crippen molar-refractivity contribution in [3.63, 3.8) is 0 Å². The molecule has 0 saturated heterocycles. The van der Waals surface area contributed by atoms with Gasteiger partial charge in [-0.15, -0.1) is 0 Å². The van der Waals surface area contributed by atoms with E-state index in [0.717, 1.165) is 66.0 Å². The largest absolute Gasteiger partial charge is 0.497 e. The molecule has 4 aromatic rings. The molecule has 0 aliphatic heterocycles. The van der Waals surface area contributed by atoms with Crippen LogP contribution >= 0.6 is 0 Å². The Balaban J connectivity index is 1.95. The van der Waals surface area contributed by atoms with Crippen molar-refractivity contribution in [3.05, 3.63) is 95.1 Å². The molecule has 7 heteroatoms. The SMILES string of the molecule is COc1cc(C)cc([Si](O[Si](c2cc(C)cc(OC)c2)c2cc(C)cc(OC)c2)c2cc(C)cc(OC)c2)c1. The molecule has 0 aliphatic rings. The van der Waals surface area contributed by atoms with E-state index in [9.17, 15) is 0 Å². The number of aryl methyl sites for hydroxylation is 4. The Morgan fingerprint density at radius 3 is 0.795 bits per heavy atom. The Hall–Kier alpha value is -3.53. The van der Waals surface area contributed by atoms with Crippen LogP contribution in [-0.2, 0) is 4.12 Å². The Bertz CT molecular complexity index is 1240. The lowest BCUT2D eigenvalue weighted by molar-refractivity contribution is 0.414. The van der Waals surface area contributed by atoms with Gasteiger partial charge in [-0.05, 0) is 119 Å². The summed E-state index contributed by atoms with van der Waals surface area (Å²) < 4.78 is 30.1. The number of hydrogen-bond donors (Lipinski definition) is 0. The van der Waals surface area contributed by atoms with Gasteiger partial charge in [-0.3, -0.25) is 0 Å². The highest BCUT2D eigenvalue weighted by Gasteiger charge is 2.30. The highest BCUT2D eigenvalue weighted by atomic mass is 28.4. The quantitative estimate of drug-likeness (QED) is 0.278. The second kappa shape index (κ2) is 12.6. The van der Waals surface area contributed by atoms with Crippen molar-refractivity contribution in [2.75, 3.05) is 28.4 Å². The van der Waals surface area contributed by atoms with Crippen LogP contribution in [0.25, 0.3) is 0 Å². The number of hydrogen-bond acceptors (Lipinski definition) is 5. The molecule has 0 fully saturated rings. The Kier molecular flexibility index (Phi) is 9.17.